The molecular formula is C30H33N3O5S. The van der Waals surface area contributed by atoms with E-state index in [0.29, 0.717) is 57.9 Å². The number of aryl methyl sites for hydroxylation is 2. The monoisotopic (exact) mass is 547 g/mol. The topological polar surface area (TPSA) is 94.8 Å². The van der Waals surface area contributed by atoms with E-state index in [-0.39, 0.29) is 11.2 Å². The second-order valence-corrected chi connectivity index (χ2v) is 11.2. The number of carbonyl (C=O) groups is 1. The molecule has 2 aromatic carbocycles. The maximum absolute atomic E-state index is 13.9. The van der Waals surface area contributed by atoms with Gasteiger partial charge in [0.15, 0.2) is 16.9 Å². The molecule has 5 rings (SSSR count). The number of amides is 1. The Bertz CT molecular complexity index is 1570. The van der Waals surface area contributed by atoms with Crippen LogP contribution in [0.2, 0.25) is 0 Å². The summed E-state index contributed by atoms with van der Waals surface area (Å²) in [5.74, 6) is 1.31. The van der Waals surface area contributed by atoms with Gasteiger partial charge in [-0.1, -0.05) is 49.8 Å². The fourth-order valence-electron chi connectivity index (χ4n) is 4.74. The Morgan fingerprint density at radius 2 is 1.87 bits per heavy atom. The highest BCUT2D eigenvalue weighted by atomic mass is 32.1. The summed E-state index contributed by atoms with van der Waals surface area (Å²) in [7, 11) is 0. The summed E-state index contributed by atoms with van der Waals surface area (Å²) in [4.78, 5) is 29.3. The predicted molar refractivity (Wildman–Crippen MR) is 152 cm³/mol. The first-order valence-corrected chi connectivity index (χ1v) is 14.3. The molecule has 0 saturated heterocycles. The number of anilines is 1. The van der Waals surface area contributed by atoms with Crippen LogP contribution in [0.4, 0.5) is 5.13 Å². The first-order chi connectivity index (χ1) is 18.8. The molecule has 1 amide bonds. The Balaban J connectivity index is 1.67. The molecule has 1 aliphatic heterocycles. The molecule has 0 aliphatic carbocycles. The summed E-state index contributed by atoms with van der Waals surface area (Å²) >= 11 is 1.35. The van der Waals surface area contributed by atoms with Crippen LogP contribution in [-0.4, -0.2) is 29.3 Å². The summed E-state index contributed by atoms with van der Waals surface area (Å²) in [6, 6.07) is 10.2. The van der Waals surface area contributed by atoms with Crippen LogP contribution in [0, 0.1) is 12.8 Å². The Morgan fingerprint density at radius 3 is 2.62 bits per heavy atom. The smallest absolute Gasteiger partial charge is 0.297 e. The van der Waals surface area contributed by atoms with Crippen molar-refractivity contribution in [2.24, 2.45) is 5.92 Å². The second kappa shape index (κ2) is 11.2. The maximum Gasteiger partial charge on any atom is 0.297 e. The van der Waals surface area contributed by atoms with Gasteiger partial charge in [-0.3, -0.25) is 14.5 Å². The van der Waals surface area contributed by atoms with Crippen LogP contribution in [0.5, 0.6) is 11.5 Å². The number of hydrogen-bond acceptors (Lipinski definition) is 8. The molecule has 0 spiro atoms. The zero-order chi connectivity index (χ0) is 27.7. The van der Waals surface area contributed by atoms with Crippen molar-refractivity contribution in [3.05, 3.63) is 74.1 Å². The highest BCUT2D eigenvalue weighted by molar-refractivity contribution is 7.15. The molecule has 1 aliphatic rings. The van der Waals surface area contributed by atoms with E-state index < -0.39 is 11.9 Å². The third-order valence-corrected chi connectivity index (χ3v) is 7.67. The number of carbonyl (C=O) groups excluding carboxylic acids is 1. The van der Waals surface area contributed by atoms with Gasteiger partial charge < -0.3 is 13.9 Å². The lowest BCUT2D eigenvalue weighted by Crippen LogP contribution is -2.29. The minimum atomic E-state index is -0.750. The molecular weight excluding hydrogens is 514 g/mol. The van der Waals surface area contributed by atoms with Crippen LogP contribution < -0.4 is 19.8 Å². The van der Waals surface area contributed by atoms with Gasteiger partial charge in [-0.05, 0) is 62.4 Å². The predicted octanol–water partition coefficient (Wildman–Crippen LogP) is 6.48. The molecule has 1 atom stereocenters. The molecule has 0 radical (unpaired) electrons. The van der Waals surface area contributed by atoms with E-state index in [0.717, 1.165) is 29.8 Å². The second-order valence-electron chi connectivity index (χ2n) is 10.1. The Kier molecular flexibility index (Phi) is 7.70. The average molecular weight is 548 g/mol. The zero-order valence-electron chi connectivity index (χ0n) is 22.9. The molecule has 2 aromatic heterocycles. The number of nitrogens with zero attached hydrogens (tertiary/aromatic N) is 3. The van der Waals surface area contributed by atoms with Gasteiger partial charge in [0, 0.05) is 6.42 Å². The number of aromatic nitrogens is 2. The molecule has 204 valence electrons. The minimum Gasteiger partial charge on any atom is -0.490 e. The lowest BCUT2D eigenvalue weighted by Gasteiger charge is -2.23. The van der Waals surface area contributed by atoms with Crippen LogP contribution in [-0.2, 0) is 6.42 Å². The van der Waals surface area contributed by atoms with Crippen molar-refractivity contribution >= 4 is 33.3 Å². The molecule has 1 unspecified atom stereocenters. The molecule has 3 heterocycles. The maximum atomic E-state index is 13.9. The van der Waals surface area contributed by atoms with Gasteiger partial charge >= 0.3 is 0 Å². The van der Waals surface area contributed by atoms with Gasteiger partial charge in [0.1, 0.15) is 10.6 Å². The van der Waals surface area contributed by atoms with E-state index in [1.54, 1.807) is 12.1 Å². The van der Waals surface area contributed by atoms with Gasteiger partial charge in [0.05, 0.1) is 30.2 Å². The van der Waals surface area contributed by atoms with Gasteiger partial charge in [-0.2, -0.15) is 0 Å². The van der Waals surface area contributed by atoms with Gasteiger partial charge in [0.2, 0.25) is 10.9 Å². The molecule has 39 heavy (non-hydrogen) atoms. The summed E-state index contributed by atoms with van der Waals surface area (Å²) < 4.78 is 18.1. The first kappa shape index (κ1) is 26.9. The van der Waals surface area contributed by atoms with E-state index in [2.05, 4.69) is 31.0 Å². The number of ether oxygens (including phenoxy) is 2. The van der Waals surface area contributed by atoms with Crippen molar-refractivity contribution < 1.29 is 18.7 Å². The SMILES string of the molecule is CCCc1nnc(N2C(=O)c3oc4ccc(C)cc4c(=O)c3C2c2ccc(OCCC(C)C)c(OCC)c2)s1. The van der Waals surface area contributed by atoms with E-state index in [1.807, 2.05) is 38.1 Å². The molecule has 8 nitrogen and oxygen atoms in total. The number of rotatable bonds is 10. The third-order valence-electron chi connectivity index (χ3n) is 6.69. The summed E-state index contributed by atoms with van der Waals surface area (Å²) in [5, 5.41) is 10.3. The highest BCUT2D eigenvalue weighted by Crippen LogP contribution is 2.44. The van der Waals surface area contributed by atoms with E-state index >= 15 is 0 Å². The van der Waals surface area contributed by atoms with Crippen LogP contribution in [0.25, 0.3) is 11.0 Å². The molecule has 0 bridgehead atoms. The highest BCUT2D eigenvalue weighted by Gasteiger charge is 2.45. The fourth-order valence-corrected chi connectivity index (χ4v) is 5.71. The van der Waals surface area contributed by atoms with Crippen molar-refractivity contribution in [3.8, 4) is 11.5 Å². The van der Waals surface area contributed by atoms with Crippen LogP contribution in [0.3, 0.4) is 0 Å². The van der Waals surface area contributed by atoms with Crippen LogP contribution in [0.15, 0.2) is 45.6 Å². The standard InChI is InChI=1S/C30H33N3O5S/c1-6-8-24-31-32-30(39-24)33-26(19-10-12-22(23(16-19)36-7-2)37-14-13-17(3)4)25-27(34)20-15-18(5)9-11-21(20)38-28(25)29(33)35/h9-12,15-17,26H,6-8,13-14H2,1-5H3. The number of benzene rings is 2. The van der Waals surface area contributed by atoms with Gasteiger partial charge in [-0.15, -0.1) is 10.2 Å². The Hall–Kier alpha value is -3.72. The molecule has 0 saturated carbocycles. The van der Waals surface area contributed by atoms with Gasteiger partial charge in [-0.25, -0.2) is 0 Å². The zero-order valence-corrected chi connectivity index (χ0v) is 23.8. The number of hydrogen-bond donors (Lipinski definition) is 0. The summed E-state index contributed by atoms with van der Waals surface area (Å²) in [6.45, 7) is 11.2. The molecule has 9 heteroatoms. The quantitative estimate of drug-likeness (QED) is 0.224. The van der Waals surface area contributed by atoms with Crippen molar-refractivity contribution in [1.29, 1.82) is 0 Å². The normalized spacial score (nSPS) is 14.9. The average Bonchev–Trinajstić information content (AvgIpc) is 3.48. The van der Waals surface area contributed by atoms with Crippen molar-refractivity contribution in [2.75, 3.05) is 18.1 Å². The van der Waals surface area contributed by atoms with E-state index in [9.17, 15) is 9.59 Å². The van der Waals surface area contributed by atoms with Crippen LogP contribution in [0.1, 0.15) is 78.8 Å². The van der Waals surface area contributed by atoms with E-state index in [4.69, 9.17) is 13.9 Å². The third kappa shape index (κ3) is 5.15. The van der Waals surface area contributed by atoms with Crippen molar-refractivity contribution in [3.63, 3.8) is 0 Å². The Morgan fingerprint density at radius 1 is 1.05 bits per heavy atom. The summed E-state index contributed by atoms with van der Waals surface area (Å²) in [6.07, 6.45) is 2.58. The van der Waals surface area contributed by atoms with Gasteiger partial charge in [0.25, 0.3) is 5.91 Å². The van der Waals surface area contributed by atoms with Crippen molar-refractivity contribution in [2.45, 2.75) is 59.9 Å². The lowest BCUT2D eigenvalue weighted by molar-refractivity contribution is 0.0970. The lowest BCUT2D eigenvalue weighted by atomic mass is 9.98. The minimum absolute atomic E-state index is 0.0313. The molecule has 0 N–H and O–H groups in total. The summed E-state index contributed by atoms with van der Waals surface area (Å²) in [5.41, 5.74) is 2.08. The largest absolute Gasteiger partial charge is 0.490 e. The first-order valence-electron chi connectivity index (χ1n) is 13.4. The van der Waals surface area contributed by atoms with Crippen LogP contribution >= 0.6 is 11.3 Å². The molecule has 4 aromatic rings. The fraction of sp³-hybridized carbons (Fsp3) is 0.400. The van der Waals surface area contributed by atoms with Crippen molar-refractivity contribution in [1.82, 2.24) is 10.2 Å². The Labute approximate surface area is 231 Å². The van der Waals surface area contributed by atoms with E-state index in [1.165, 1.54) is 16.2 Å². The number of fused-ring (bicyclic) bond motifs is 2. The molecule has 0 fully saturated rings.